The number of hydrogen-bond donors (Lipinski definition) is 2. The molecule has 25 heavy (non-hydrogen) atoms. The van der Waals surface area contributed by atoms with Crippen LogP contribution >= 0.6 is 0 Å². The predicted octanol–water partition coefficient (Wildman–Crippen LogP) is 2.06. The molecule has 1 aliphatic carbocycles. The van der Waals surface area contributed by atoms with Crippen molar-refractivity contribution in [3.63, 3.8) is 0 Å². The van der Waals surface area contributed by atoms with Crippen molar-refractivity contribution in [2.24, 2.45) is 0 Å². The zero-order valence-corrected chi connectivity index (χ0v) is 13.4. The number of rotatable bonds is 5. The molecule has 0 aliphatic heterocycles. The van der Waals surface area contributed by atoms with Crippen molar-refractivity contribution in [1.82, 2.24) is 20.7 Å². The lowest BCUT2D eigenvalue weighted by molar-refractivity contribution is 0.0940. The summed E-state index contributed by atoms with van der Waals surface area (Å²) in [5, 5.41) is 23.8. The Hall–Kier alpha value is -3.00. The summed E-state index contributed by atoms with van der Waals surface area (Å²) in [6.07, 6.45) is -0.101. The molecule has 0 saturated heterocycles. The fourth-order valence-corrected chi connectivity index (χ4v) is 2.56. The SMILES string of the molecule is C[C@@H](O)c1nnc(C2CC2NC(=O)c2cc(-c3ccccc3)on2)o1. The number of carbonyl (C=O) groups is 1. The smallest absolute Gasteiger partial charge is 0.273 e. The van der Waals surface area contributed by atoms with E-state index in [9.17, 15) is 9.90 Å². The van der Waals surface area contributed by atoms with Gasteiger partial charge in [-0.1, -0.05) is 35.5 Å². The first-order chi connectivity index (χ1) is 12.1. The lowest BCUT2D eigenvalue weighted by Crippen LogP contribution is -2.26. The van der Waals surface area contributed by atoms with Gasteiger partial charge in [-0.25, -0.2) is 0 Å². The molecule has 0 radical (unpaired) electrons. The molecule has 1 saturated carbocycles. The zero-order chi connectivity index (χ0) is 17.4. The van der Waals surface area contributed by atoms with Gasteiger partial charge in [0.05, 0.1) is 5.92 Å². The van der Waals surface area contributed by atoms with E-state index in [1.807, 2.05) is 30.3 Å². The van der Waals surface area contributed by atoms with Gasteiger partial charge >= 0.3 is 0 Å². The second-order valence-electron chi connectivity index (χ2n) is 6.02. The summed E-state index contributed by atoms with van der Waals surface area (Å²) in [4.78, 5) is 12.3. The number of nitrogens with one attached hydrogen (secondary N) is 1. The summed E-state index contributed by atoms with van der Waals surface area (Å²) >= 11 is 0. The quantitative estimate of drug-likeness (QED) is 0.730. The molecule has 4 rings (SSSR count). The maximum atomic E-state index is 12.3. The number of hydrogen-bond acceptors (Lipinski definition) is 7. The molecular weight excluding hydrogens is 324 g/mol. The molecular formula is C17H16N4O4. The van der Waals surface area contributed by atoms with Crippen molar-refractivity contribution in [1.29, 1.82) is 0 Å². The Morgan fingerprint density at radius 1 is 1.32 bits per heavy atom. The molecule has 8 heteroatoms. The van der Waals surface area contributed by atoms with Crippen LogP contribution in [0.15, 0.2) is 45.3 Å². The summed E-state index contributed by atoms with van der Waals surface area (Å²) in [5.41, 5.74) is 1.08. The Morgan fingerprint density at radius 3 is 2.84 bits per heavy atom. The molecule has 8 nitrogen and oxygen atoms in total. The van der Waals surface area contributed by atoms with Crippen molar-refractivity contribution in [2.45, 2.75) is 31.4 Å². The molecule has 128 valence electrons. The van der Waals surface area contributed by atoms with E-state index in [4.69, 9.17) is 8.94 Å². The van der Waals surface area contributed by atoms with Crippen LogP contribution in [-0.4, -0.2) is 32.4 Å². The molecule has 2 unspecified atom stereocenters. The minimum absolute atomic E-state index is 0.0376. The van der Waals surface area contributed by atoms with Gasteiger partial charge in [-0.05, 0) is 13.3 Å². The number of aliphatic hydroxyl groups is 1. The molecule has 3 aromatic rings. The van der Waals surface area contributed by atoms with Crippen LogP contribution in [0.1, 0.15) is 47.6 Å². The van der Waals surface area contributed by atoms with Crippen LogP contribution in [-0.2, 0) is 0 Å². The first-order valence-corrected chi connectivity index (χ1v) is 7.96. The minimum atomic E-state index is -0.806. The van der Waals surface area contributed by atoms with E-state index in [1.54, 1.807) is 13.0 Å². The summed E-state index contributed by atoms with van der Waals surface area (Å²) in [7, 11) is 0. The summed E-state index contributed by atoms with van der Waals surface area (Å²) < 4.78 is 10.6. The topological polar surface area (TPSA) is 114 Å². The Labute approximate surface area is 142 Å². The summed E-state index contributed by atoms with van der Waals surface area (Å²) in [5.74, 6) is 0.789. The minimum Gasteiger partial charge on any atom is -0.422 e. The van der Waals surface area contributed by atoms with Gasteiger partial charge in [-0.15, -0.1) is 10.2 Å². The predicted molar refractivity (Wildman–Crippen MR) is 85.5 cm³/mol. The molecule has 0 spiro atoms. The zero-order valence-electron chi connectivity index (χ0n) is 13.4. The Bertz CT molecular complexity index is 887. The van der Waals surface area contributed by atoms with Crippen LogP contribution in [0.4, 0.5) is 0 Å². The van der Waals surface area contributed by atoms with Crippen molar-refractivity contribution in [2.75, 3.05) is 0 Å². The van der Waals surface area contributed by atoms with Crippen LogP contribution in [0.2, 0.25) is 0 Å². The van der Waals surface area contributed by atoms with E-state index in [0.717, 1.165) is 5.56 Å². The second-order valence-corrected chi connectivity index (χ2v) is 6.02. The average Bonchev–Trinajstić information content (AvgIpc) is 3.07. The van der Waals surface area contributed by atoms with Gasteiger partial charge in [-0.3, -0.25) is 4.79 Å². The molecule has 2 heterocycles. The third-order valence-electron chi connectivity index (χ3n) is 4.04. The lowest BCUT2D eigenvalue weighted by Gasteiger charge is -1.99. The lowest BCUT2D eigenvalue weighted by atomic mass is 10.1. The van der Waals surface area contributed by atoms with Crippen molar-refractivity contribution in [3.05, 3.63) is 53.9 Å². The highest BCUT2D eigenvalue weighted by Gasteiger charge is 2.44. The molecule has 2 N–H and O–H groups in total. The van der Waals surface area contributed by atoms with Gasteiger partial charge in [0.2, 0.25) is 11.8 Å². The monoisotopic (exact) mass is 340 g/mol. The average molecular weight is 340 g/mol. The van der Waals surface area contributed by atoms with Gasteiger partial charge in [0.25, 0.3) is 5.91 Å². The maximum Gasteiger partial charge on any atom is 0.273 e. The highest BCUT2D eigenvalue weighted by molar-refractivity contribution is 5.93. The Morgan fingerprint density at radius 2 is 2.12 bits per heavy atom. The van der Waals surface area contributed by atoms with Crippen molar-refractivity contribution < 1.29 is 18.8 Å². The van der Waals surface area contributed by atoms with Crippen LogP contribution in [0.5, 0.6) is 0 Å². The number of amides is 1. The largest absolute Gasteiger partial charge is 0.422 e. The first kappa shape index (κ1) is 15.5. The van der Waals surface area contributed by atoms with E-state index < -0.39 is 6.10 Å². The summed E-state index contributed by atoms with van der Waals surface area (Å²) in [6, 6.07) is 11.0. The van der Waals surface area contributed by atoms with Crippen molar-refractivity contribution in [3.8, 4) is 11.3 Å². The number of benzene rings is 1. The van der Waals surface area contributed by atoms with E-state index >= 15 is 0 Å². The Balaban J connectivity index is 1.39. The fourth-order valence-electron chi connectivity index (χ4n) is 2.56. The van der Waals surface area contributed by atoms with E-state index in [2.05, 4.69) is 20.7 Å². The van der Waals surface area contributed by atoms with Gasteiger partial charge in [0.1, 0.15) is 6.10 Å². The van der Waals surface area contributed by atoms with E-state index in [1.165, 1.54) is 0 Å². The molecule has 3 atom stereocenters. The molecule has 0 bridgehead atoms. The highest BCUT2D eigenvalue weighted by atomic mass is 16.5. The van der Waals surface area contributed by atoms with E-state index in [0.29, 0.717) is 18.1 Å². The van der Waals surface area contributed by atoms with Crippen LogP contribution in [0.3, 0.4) is 0 Å². The molecule has 1 aliphatic rings. The van der Waals surface area contributed by atoms with Gasteiger partial charge in [-0.2, -0.15) is 0 Å². The highest BCUT2D eigenvalue weighted by Crippen LogP contribution is 2.40. The molecule has 1 fully saturated rings. The van der Waals surface area contributed by atoms with Gasteiger partial charge in [0.15, 0.2) is 11.5 Å². The van der Waals surface area contributed by atoms with Crippen LogP contribution in [0, 0.1) is 0 Å². The maximum absolute atomic E-state index is 12.3. The molecule has 1 amide bonds. The third-order valence-corrected chi connectivity index (χ3v) is 4.04. The normalized spacial score (nSPS) is 20.2. The Kier molecular flexibility index (Phi) is 3.81. The number of carbonyl (C=O) groups excluding carboxylic acids is 1. The van der Waals surface area contributed by atoms with Gasteiger partial charge < -0.3 is 19.4 Å². The number of aromatic nitrogens is 3. The summed E-state index contributed by atoms with van der Waals surface area (Å²) in [6.45, 7) is 1.55. The second kappa shape index (κ2) is 6.14. The third kappa shape index (κ3) is 3.16. The fraction of sp³-hybridized carbons (Fsp3) is 0.294. The molecule has 1 aromatic carbocycles. The van der Waals surface area contributed by atoms with Crippen LogP contribution in [0.25, 0.3) is 11.3 Å². The molecule has 2 aromatic heterocycles. The van der Waals surface area contributed by atoms with E-state index in [-0.39, 0.29) is 29.5 Å². The number of aliphatic hydroxyl groups excluding tert-OH is 1. The van der Waals surface area contributed by atoms with Gasteiger partial charge in [0, 0.05) is 17.7 Å². The number of nitrogens with zero attached hydrogens (tertiary/aromatic N) is 3. The van der Waals surface area contributed by atoms with Crippen LogP contribution < -0.4 is 5.32 Å². The first-order valence-electron chi connectivity index (χ1n) is 7.96. The van der Waals surface area contributed by atoms with Crippen molar-refractivity contribution >= 4 is 5.91 Å². The standard InChI is InChI=1S/C17H16N4O4/c1-9(22)16-19-20-17(24-16)11-7-12(11)18-15(23)13-8-14(25-21-13)10-5-3-2-4-6-10/h2-6,8-9,11-12,22H,7H2,1H3,(H,18,23)/t9-,11?,12?/m1/s1.